The van der Waals surface area contributed by atoms with E-state index >= 15 is 0 Å². The number of rotatable bonds is 3. The molecule has 0 unspecified atom stereocenters. The van der Waals surface area contributed by atoms with Gasteiger partial charge in [0.25, 0.3) is 10.5 Å². The molecule has 0 N–H and O–H groups in total. The minimum atomic E-state index is 0.136. The highest BCUT2D eigenvalue weighted by Crippen LogP contribution is 2.35. The Labute approximate surface area is 117 Å². The fraction of sp³-hybridized carbons (Fsp3) is 0. The Kier molecular flexibility index (Phi) is 3.36. The predicted octanol–water partition coefficient (Wildman–Crippen LogP) is 4.60. The summed E-state index contributed by atoms with van der Waals surface area (Å²) in [5.41, 5.74) is 2.39. The minimum Gasteiger partial charge on any atom is -0.326 e. The molecule has 0 saturated heterocycles. The number of hydrogen-bond donors (Lipinski definition) is 0. The quantitative estimate of drug-likeness (QED) is 0.707. The topological polar surface area (TPSA) is 38.9 Å². The third kappa shape index (κ3) is 2.58. The smallest absolute Gasteiger partial charge is 0.292 e. The molecule has 0 atom stereocenters. The van der Waals surface area contributed by atoms with Crippen LogP contribution in [0.25, 0.3) is 11.1 Å². The third-order valence-corrected chi connectivity index (χ3v) is 4.33. The van der Waals surface area contributed by atoms with Crippen molar-refractivity contribution in [3.05, 3.63) is 47.1 Å². The fourth-order valence-electron chi connectivity index (χ4n) is 1.47. The Bertz CT molecular complexity index is 651. The molecule has 0 spiro atoms. The van der Waals surface area contributed by atoms with Crippen LogP contribution in [0.3, 0.4) is 0 Å². The molecule has 0 aliphatic carbocycles. The highest BCUT2D eigenvalue weighted by molar-refractivity contribution is 8.00. The zero-order valence-corrected chi connectivity index (χ0v) is 11.4. The van der Waals surface area contributed by atoms with Crippen LogP contribution in [0.5, 0.6) is 0 Å². The maximum Gasteiger partial charge on any atom is 0.292 e. The lowest BCUT2D eigenvalue weighted by Crippen LogP contribution is -1.70. The molecule has 0 radical (unpaired) electrons. The van der Waals surface area contributed by atoms with Crippen molar-refractivity contribution in [3.63, 3.8) is 0 Å². The first kappa shape index (κ1) is 11.8. The van der Waals surface area contributed by atoms with Crippen molar-refractivity contribution in [2.24, 2.45) is 0 Å². The second-order valence-electron chi connectivity index (χ2n) is 3.45. The highest BCUT2D eigenvalue weighted by Gasteiger charge is 2.09. The van der Waals surface area contributed by atoms with Crippen LogP contribution in [-0.4, -0.2) is 10.1 Å². The SMILES string of the molecule is Clc1noc(Sc2cc(-c3ccccc3)cs2)n1. The standard InChI is InChI=1S/C12H7ClN2OS2/c13-11-14-12(16-15-11)18-10-6-9(7-17-10)8-4-2-1-3-5-8/h1-7H. The van der Waals surface area contributed by atoms with Crippen molar-refractivity contribution in [2.45, 2.75) is 9.43 Å². The van der Waals surface area contributed by atoms with E-state index in [1.165, 1.54) is 22.9 Å². The average Bonchev–Trinajstić information content (AvgIpc) is 3.01. The van der Waals surface area contributed by atoms with E-state index in [-0.39, 0.29) is 5.28 Å². The van der Waals surface area contributed by atoms with Gasteiger partial charge < -0.3 is 4.52 Å². The van der Waals surface area contributed by atoms with Crippen LogP contribution in [0.2, 0.25) is 5.28 Å². The monoisotopic (exact) mass is 294 g/mol. The predicted molar refractivity (Wildman–Crippen MR) is 73.2 cm³/mol. The first-order valence-corrected chi connectivity index (χ1v) is 7.20. The van der Waals surface area contributed by atoms with E-state index in [9.17, 15) is 0 Å². The Hall–Kier alpha value is -1.30. The largest absolute Gasteiger partial charge is 0.326 e. The van der Waals surface area contributed by atoms with E-state index in [0.717, 1.165) is 4.21 Å². The molecule has 2 heterocycles. The molecule has 6 heteroatoms. The minimum absolute atomic E-state index is 0.136. The molecule has 0 aliphatic rings. The zero-order valence-electron chi connectivity index (χ0n) is 9.04. The van der Waals surface area contributed by atoms with Crippen LogP contribution < -0.4 is 0 Å². The molecule has 0 fully saturated rings. The van der Waals surface area contributed by atoms with Gasteiger partial charge in [0, 0.05) is 0 Å². The Balaban J connectivity index is 1.82. The van der Waals surface area contributed by atoms with Gasteiger partial charge in [-0.2, -0.15) is 4.98 Å². The summed E-state index contributed by atoms with van der Waals surface area (Å²) in [5, 5.41) is 6.24. The van der Waals surface area contributed by atoms with Crippen molar-refractivity contribution >= 4 is 34.7 Å². The first-order chi connectivity index (χ1) is 8.81. The van der Waals surface area contributed by atoms with Gasteiger partial charge in [-0.3, -0.25) is 0 Å². The third-order valence-electron chi connectivity index (χ3n) is 2.25. The van der Waals surface area contributed by atoms with Crippen molar-refractivity contribution < 1.29 is 4.52 Å². The zero-order chi connectivity index (χ0) is 12.4. The Morgan fingerprint density at radius 1 is 1.17 bits per heavy atom. The van der Waals surface area contributed by atoms with Gasteiger partial charge in [0.15, 0.2) is 0 Å². The summed E-state index contributed by atoms with van der Waals surface area (Å²) in [6.07, 6.45) is 0. The molecule has 1 aromatic carbocycles. The molecule has 2 aromatic heterocycles. The van der Waals surface area contributed by atoms with Gasteiger partial charge >= 0.3 is 0 Å². The van der Waals surface area contributed by atoms with Gasteiger partial charge in [-0.25, -0.2) is 0 Å². The second kappa shape index (κ2) is 5.14. The number of benzene rings is 1. The summed E-state index contributed by atoms with van der Waals surface area (Å²) in [6, 6.07) is 12.3. The maximum atomic E-state index is 5.60. The number of hydrogen-bond acceptors (Lipinski definition) is 5. The molecular formula is C12H7ClN2OS2. The summed E-state index contributed by atoms with van der Waals surface area (Å²) in [6.45, 7) is 0. The maximum absolute atomic E-state index is 5.60. The first-order valence-electron chi connectivity index (χ1n) is 5.12. The molecule has 0 amide bonds. The average molecular weight is 295 g/mol. The lowest BCUT2D eigenvalue weighted by molar-refractivity contribution is 0.340. The molecule has 0 aliphatic heterocycles. The van der Waals surface area contributed by atoms with Gasteiger partial charge in [-0.15, -0.1) is 11.3 Å². The van der Waals surface area contributed by atoms with Gasteiger partial charge in [-0.1, -0.05) is 30.3 Å². The Morgan fingerprint density at radius 2 is 2.00 bits per heavy atom. The summed E-state index contributed by atoms with van der Waals surface area (Å²) >= 11 is 8.66. The normalized spacial score (nSPS) is 10.7. The molecule has 0 saturated carbocycles. The molecule has 3 rings (SSSR count). The van der Waals surface area contributed by atoms with E-state index < -0.39 is 0 Å². The van der Waals surface area contributed by atoms with E-state index in [2.05, 4.69) is 33.7 Å². The van der Waals surface area contributed by atoms with Gasteiger partial charge in [0.1, 0.15) is 0 Å². The number of aromatic nitrogens is 2. The van der Waals surface area contributed by atoms with E-state index in [0.29, 0.717) is 5.22 Å². The molecule has 3 aromatic rings. The number of nitrogens with zero attached hydrogens (tertiary/aromatic N) is 2. The van der Waals surface area contributed by atoms with E-state index in [1.807, 2.05) is 18.2 Å². The van der Waals surface area contributed by atoms with Gasteiger partial charge in [0.2, 0.25) is 0 Å². The van der Waals surface area contributed by atoms with Gasteiger partial charge in [0.05, 0.1) is 4.21 Å². The molecule has 3 nitrogen and oxygen atoms in total. The van der Waals surface area contributed by atoms with Crippen LogP contribution in [-0.2, 0) is 0 Å². The molecule has 0 bridgehead atoms. The van der Waals surface area contributed by atoms with E-state index in [4.69, 9.17) is 16.1 Å². The van der Waals surface area contributed by atoms with Crippen molar-refractivity contribution in [3.8, 4) is 11.1 Å². The van der Waals surface area contributed by atoms with Gasteiger partial charge in [-0.05, 0) is 51.1 Å². The molecule has 90 valence electrons. The van der Waals surface area contributed by atoms with E-state index in [1.54, 1.807) is 11.3 Å². The fourth-order valence-corrected chi connectivity index (χ4v) is 3.39. The number of thiophene rings is 1. The Morgan fingerprint density at radius 3 is 2.72 bits per heavy atom. The summed E-state index contributed by atoms with van der Waals surface area (Å²) < 4.78 is 6.05. The van der Waals surface area contributed by atoms with Crippen LogP contribution >= 0.6 is 34.7 Å². The number of halogens is 1. The van der Waals surface area contributed by atoms with Crippen LogP contribution in [0, 0.1) is 0 Å². The summed E-state index contributed by atoms with van der Waals surface area (Å²) in [5.74, 6) is 0. The van der Waals surface area contributed by atoms with Crippen molar-refractivity contribution in [1.29, 1.82) is 0 Å². The molecular weight excluding hydrogens is 288 g/mol. The lowest BCUT2D eigenvalue weighted by atomic mass is 10.1. The summed E-state index contributed by atoms with van der Waals surface area (Å²) in [4.78, 5) is 3.95. The van der Waals surface area contributed by atoms with Crippen LogP contribution in [0.1, 0.15) is 0 Å². The highest BCUT2D eigenvalue weighted by atomic mass is 35.5. The lowest BCUT2D eigenvalue weighted by Gasteiger charge is -1.94. The van der Waals surface area contributed by atoms with Crippen molar-refractivity contribution in [2.75, 3.05) is 0 Å². The molecule has 18 heavy (non-hydrogen) atoms. The van der Waals surface area contributed by atoms with Crippen LogP contribution in [0.15, 0.2) is 55.7 Å². The second-order valence-corrected chi connectivity index (χ2v) is 5.95. The summed E-state index contributed by atoms with van der Waals surface area (Å²) in [7, 11) is 0. The van der Waals surface area contributed by atoms with Crippen molar-refractivity contribution in [1.82, 2.24) is 10.1 Å². The van der Waals surface area contributed by atoms with Crippen LogP contribution in [0.4, 0.5) is 0 Å².